The predicted molar refractivity (Wildman–Crippen MR) is 65.7 cm³/mol. The zero-order chi connectivity index (χ0) is 12.3. The maximum absolute atomic E-state index is 11.6. The topological polar surface area (TPSA) is 57.9 Å². The van der Waals surface area contributed by atoms with Crippen LogP contribution in [0.2, 0.25) is 0 Å². The van der Waals surface area contributed by atoms with Crippen LogP contribution < -0.4 is 10.9 Å². The highest BCUT2D eigenvalue weighted by Crippen LogP contribution is 2.32. The number of rotatable bonds is 4. The predicted octanol–water partition coefficient (Wildman–Crippen LogP) is 2.18. The highest BCUT2D eigenvalue weighted by molar-refractivity contribution is 5.36. The molecule has 2 rings (SSSR count). The third kappa shape index (κ3) is 2.31. The van der Waals surface area contributed by atoms with Crippen LogP contribution in [0.1, 0.15) is 62.0 Å². The second-order valence-electron chi connectivity index (χ2n) is 4.90. The van der Waals surface area contributed by atoms with Gasteiger partial charge in [-0.15, -0.1) is 0 Å². The van der Waals surface area contributed by atoms with E-state index < -0.39 is 0 Å². The summed E-state index contributed by atoms with van der Waals surface area (Å²) >= 11 is 0. The summed E-state index contributed by atoms with van der Waals surface area (Å²) in [6.45, 7) is 0. The standard InChI is InChI=1S/C14H17NO2/c15-9-5-4-8-11-12(14(17)13(11)16)10-6-2-1-3-7-10/h10H,1-8H2. The van der Waals surface area contributed by atoms with Crippen molar-refractivity contribution in [2.75, 3.05) is 0 Å². The van der Waals surface area contributed by atoms with E-state index in [4.69, 9.17) is 5.26 Å². The van der Waals surface area contributed by atoms with Crippen molar-refractivity contribution in [1.29, 1.82) is 5.26 Å². The van der Waals surface area contributed by atoms with Crippen molar-refractivity contribution in [3.63, 3.8) is 0 Å². The maximum Gasteiger partial charge on any atom is 0.229 e. The van der Waals surface area contributed by atoms with Crippen molar-refractivity contribution < 1.29 is 0 Å². The molecule has 0 amide bonds. The summed E-state index contributed by atoms with van der Waals surface area (Å²) in [6, 6.07) is 2.07. The van der Waals surface area contributed by atoms with Crippen LogP contribution in [0, 0.1) is 11.3 Å². The minimum atomic E-state index is -0.288. The van der Waals surface area contributed by atoms with Gasteiger partial charge in [0.05, 0.1) is 6.07 Å². The van der Waals surface area contributed by atoms with Crippen molar-refractivity contribution in [2.45, 2.75) is 57.3 Å². The second-order valence-corrected chi connectivity index (χ2v) is 4.90. The molecule has 0 radical (unpaired) electrons. The lowest BCUT2D eigenvalue weighted by Gasteiger charge is -2.24. The summed E-state index contributed by atoms with van der Waals surface area (Å²) in [5.41, 5.74) is 1.01. The van der Waals surface area contributed by atoms with Crippen molar-refractivity contribution in [3.05, 3.63) is 31.6 Å². The van der Waals surface area contributed by atoms with E-state index in [1.54, 1.807) is 0 Å². The van der Waals surface area contributed by atoms with Gasteiger partial charge in [-0.2, -0.15) is 5.26 Å². The van der Waals surface area contributed by atoms with E-state index >= 15 is 0 Å². The van der Waals surface area contributed by atoms with Crippen LogP contribution in [-0.4, -0.2) is 0 Å². The zero-order valence-corrected chi connectivity index (χ0v) is 10.00. The zero-order valence-electron chi connectivity index (χ0n) is 10.00. The van der Waals surface area contributed by atoms with E-state index in [2.05, 4.69) is 6.07 Å². The minimum Gasteiger partial charge on any atom is -0.285 e. The first kappa shape index (κ1) is 12.0. The number of hydrogen-bond donors (Lipinski definition) is 0. The van der Waals surface area contributed by atoms with E-state index in [1.807, 2.05) is 0 Å². The summed E-state index contributed by atoms with van der Waals surface area (Å²) in [5.74, 6) is 0.325. The molecule has 3 nitrogen and oxygen atoms in total. The van der Waals surface area contributed by atoms with Crippen LogP contribution in [0.15, 0.2) is 9.59 Å². The van der Waals surface area contributed by atoms with Crippen LogP contribution in [0.5, 0.6) is 0 Å². The van der Waals surface area contributed by atoms with Gasteiger partial charge in [-0.05, 0) is 31.6 Å². The summed E-state index contributed by atoms with van der Waals surface area (Å²) < 4.78 is 0. The summed E-state index contributed by atoms with van der Waals surface area (Å²) in [6.07, 6.45) is 7.46. The van der Waals surface area contributed by atoms with Crippen molar-refractivity contribution >= 4 is 0 Å². The largest absolute Gasteiger partial charge is 0.285 e. The highest BCUT2D eigenvalue weighted by Gasteiger charge is 2.28. The molecule has 1 aliphatic carbocycles. The van der Waals surface area contributed by atoms with Gasteiger partial charge in [0.15, 0.2) is 0 Å². The van der Waals surface area contributed by atoms with E-state index in [0.717, 1.165) is 24.0 Å². The van der Waals surface area contributed by atoms with Crippen molar-refractivity contribution in [1.82, 2.24) is 0 Å². The summed E-state index contributed by atoms with van der Waals surface area (Å²) in [5, 5.41) is 8.48. The van der Waals surface area contributed by atoms with E-state index in [-0.39, 0.29) is 10.9 Å². The van der Waals surface area contributed by atoms with Gasteiger partial charge in [-0.25, -0.2) is 0 Å². The van der Waals surface area contributed by atoms with Gasteiger partial charge < -0.3 is 0 Å². The van der Waals surface area contributed by atoms with Crippen LogP contribution in [0.4, 0.5) is 0 Å². The molecule has 0 heterocycles. The van der Waals surface area contributed by atoms with Gasteiger partial charge in [0.25, 0.3) is 0 Å². The lowest BCUT2D eigenvalue weighted by Crippen LogP contribution is -2.41. The smallest absolute Gasteiger partial charge is 0.229 e. The molecule has 1 aliphatic rings. The molecule has 1 aromatic carbocycles. The summed E-state index contributed by atoms with van der Waals surface area (Å²) in [7, 11) is 0. The number of unbranched alkanes of at least 4 members (excludes halogenated alkanes) is 1. The Morgan fingerprint density at radius 1 is 1.12 bits per heavy atom. The lowest BCUT2D eigenvalue weighted by molar-refractivity contribution is 0.436. The fourth-order valence-electron chi connectivity index (χ4n) is 2.87. The van der Waals surface area contributed by atoms with Gasteiger partial charge in [0.2, 0.25) is 10.9 Å². The molecule has 0 N–H and O–H groups in total. The Morgan fingerprint density at radius 2 is 1.82 bits per heavy atom. The van der Waals surface area contributed by atoms with Crippen LogP contribution >= 0.6 is 0 Å². The molecule has 0 aromatic heterocycles. The molecular formula is C14H17NO2. The number of nitrogens with zero attached hydrogens (tertiary/aromatic N) is 1. The summed E-state index contributed by atoms with van der Waals surface area (Å²) in [4.78, 5) is 23.1. The Hall–Kier alpha value is -1.43. The second kappa shape index (κ2) is 5.27. The van der Waals surface area contributed by atoms with Crippen molar-refractivity contribution in [2.24, 2.45) is 0 Å². The number of nitriles is 1. The average molecular weight is 231 g/mol. The molecule has 1 saturated carbocycles. The van der Waals surface area contributed by atoms with Gasteiger partial charge in [-0.1, -0.05) is 19.3 Å². The van der Waals surface area contributed by atoms with Gasteiger partial charge in [-0.3, -0.25) is 9.59 Å². The van der Waals surface area contributed by atoms with Gasteiger partial charge >= 0.3 is 0 Å². The molecule has 17 heavy (non-hydrogen) atoms. The Balaban J connectivity index is 2.11. The molecule has 0 unspecified atom stereocenters. The fraction of sp³-hybridized carbons (Fsp3) is 0.643. The van der Waals surface area contributed by atoms with E-state index in [1.165, 1.54) is 19.3 Å². The maximum atomic E-state index is 11.6. The molecule has 90 valence electrons. The first-order valence-electron chi connectivity index (χ1n) is 6.44. The highest BCUT2D eigenvalue weighted by atomic mass is 16.2. The van der Waals surface area contributed by atoms with Crippen LogP contribution in [-0.2, 0) is 6.42 Å². The van der Waals surface area contributed by atoms with Gasteiger partial charge in [0, 0.05) is 17.5 Å². The van der Waals surface area contributed by atoms with Crippen molar-refractivity contribution in [3.8, 4) is 6.07 Å². The number of hydrogen-bond acceptors (Lipinski definition) is 3. The molecule has 0 atom stereocenters. The molecule has 3 heteroatoms. The molecule has 1 fully saturated rings. The minimum absolute atomic E-state index is 0.246. The Bertz CT molecular complexity index is 497. The lowest BCUT2D eigenvalue weighted by atomic mass is 9.78. The average Bonchev–Trinajstić information content (AvgIpc) is 2.38. The van der Waals surface area contributed by atoms with Gasteiger partial charge in [0.1, 0.15) is 0 Å². The Labute approximate surface area is 101 Å². The molecule has 0 saturated heterocycles. The van der Waals surface area contributed by atoms with Crippen LogP contribution in [0.3, 0.4) is 0 Å². The first-order valence-corrected chi connectivity index (χ1v) is 6.44. The molecule has 0 spiro atoms. The molecular weight excluding hydrogens is 214 g/mol. The van der Waals surface area contributed by atoms with Crippen LogP contribution in [0.25, 0.3) is 0 Å². The Kier molecular flexibility index (Phi) is 3.73. The fourth-order valence-corrected chi connectivity index (χ4v) is 2.87. The third-order valence-corrected chi connectivity index (χ3v) is 3.78. The monoisotopic (exact) mass is 231 g/mol. The first-order chi connectivity index (χ1) is 8.25. The van der Waals surface area contributed by atoms with E-state index in [0.29, 0.717) is 25.2 Å². The molecule has 0 bridgehead atoms. The molecule has 1 aromatic rings. The molecule has 0 aliphatic heterocycles. The van der Waals surface area contributed by atoms with E-state index in [9.17, 15) is 9.59 Å². The normalized spacial score (nSPS) is 17.1. The SMILES string of the molecule is N#CCCCc1c(C2CCCCC2)c(=O)c1=O. The third-order valence-electron chi connectivity index (χ3n) is 3.78. The quantitative estimate of drug-likeness (QED) is 0.589. The Morgan fingerprint density at radius 3 is 2.47 bits per heavy atom.